The molecule has 10 heteroatoms. The first kappa shape index (κ1) is 28.1. The van der Waals surface area contributed by atoms with Crippen molar-refractivity contribution < 1.29 is 18.0 Å². The summed E-state index contributed by atoms with van der Waals surface area (Å²) in [7, 11) is 2.00. The lowest BCUT2D eigenvalue weighted by atomic mass is 10.0. The largest absolute Gasteiger partial charge is 0.416 e. The van der Waals surface area contributed by atoms with Crippen molar-refractivity contribution in [2.24, 2.45) is 0 Å². The van der Waals surface area contributed by atoms with Gasteiger partial charge >= 0.3 is 6.18 Å². The lowest BCUT2D eigenvalue weighted by Crippen LogP contribution is -2.44. The van der Waals surface area contributed by atoms with Crippen LogP contribution in [0.4, 0.5) is 24.8 Å². The monoisotopic (exact) mass is 558 g/mol. The van der Waals surface area contributed by atoms with E-state index in [0.29, 0.717) is 29.7 Å². The second-order valence-corrected chi connectivity index (χ2v) is 10.2. The number of rotatable bonds is 4. The van der Waals surface area contributed by atoms with E-state index in [1.807, 2.05) is 31.0 Å². The maximum Gasteiger partial charge on any atom is 0.416 e. The Bertz CT molecular complexity index is 1670. The zero-order valence-corrected chi connectivity index (χ0v) is 22.7. The molecule has 1 amide bonds. The number of aryl methyl sites for hydroxylation is 1. The van der Waals surface area contributed by atoms with E-state index in [2.05, 4.69) is 32.0 Å². The number of aromatic nitrogens is 2. The number of anilines is 2. The highest BCUT2D eigenvalue weighted by atomic mass is 19.4. The molecule has 0 aliphatic carbocycles. The van der Waals surface area contributed by atoms with Gasteiger partial charge in [-0.3, -0.25) is 9.69 Å². The molecule has 2 heterocycles. The molecule has 7 nitrogen and oxygen atoms in total. The number of halogens is 3. The number of nitrogens with one attached hydrogen (secondary N) is 1. The summed E-state index contributed by atoms with van der Waals surface area (Å²) in [6.07, 6.45) is -2.91. The van der Waals surface area contributed by atoms with Gasteiger partial charge in [0.15, 0.2) is 0 Å². The molecule has 5 rings (SSSR count). The average Bonchev–Trinajstić information content (AvgIpc) is 2.93. The standard InChI is InChI=1S/C31H29F3N6O/c1-20-3-6-23(16-22(20)7-4-21-5-8-24-18-36-30(35)38-28(24)15-21)29(41)37-26-10-9-25(27(17-26)31(32,33)34)19-40-13-11-39(2)12-14-40/h3,5-6,8-10,15-18H,11-14,19H2,1-2H3,(H,37,41)(H2,35,36,38). The number of likely N-dealkylation sites (N-methyl/N-ethyl adjacent to an activating group) is 1. The van der Waals surface area contributed by atoms with E-state index in [1.54, 1.807) is 30.5 Å². The number of fused-ring (bicyclic) bond motifs is 1. The van der Waals surface area contributed by atoms with Crippen molar-refractivity contribution in [3.05, 3.63) is 94.2 Å². The number of carbonyl (C=O) groups excluding carboxylic acids is 1. The van der Waals surface area contributed by atoms with Crippen LogP contribution in [-0.2, 0) is 12.7 Å². The maximum absolute atomic E-state index is 14.0. The molecule has 1 fully saturated rings. The fraction of sp³-hybridized carbons (Fsp3) is 0.258. The summed E-state index contributed by atoms with van der Waals surface area (Å²) in [5.74, 6) is 5.81. The molecule has 3 N–H and O–H groups in total. The Balaban J connectivity index is 1.34. The van der Waals surface area contributed by atoms with Crippen LogP contribution < -0.4 is 11.1 Å². The van der Waals surface area contributed by atoms with Crippen molar-refractivity contribution in [3.63, 3.8) is 0 Å². The van der Waals surface area contributed by atoms with Crippen LogP contribution >= 0.6 is 0 Å². The minimum atomic E-state index is -4.55. The quantitative estimate of drug-likeness (QED) is 0.345. The van der Waals surface area contributed by atoms with Crippen molar-refractivity contribution in [2.45, 2.75) is 19.6 Å². The molecule has 0 unspecified atom stereocenters. The van der Waals surface area contributed by atoms with E-state index in [9.17, 15) is 18.0 Å². The first-order valence-electron chi connectivity index (χ1n) is 13.1. The van der Waals surface area contributed by atoms with Crippen LogP contribution in [0.5, 0.6) is 0 Å². The number of alkyl halides is 3. The van der Waals surface area contributed by atoms with Gasteiger partial charge in [0.1, 0.15) is 0 Å². The molecule has 1 saturated heterocycles. The van der Waals surface area contributed by atoms with E-state index in [1.165, 1.54) is 12.1 Å². The number of carbonyl (C=O) groups is 1. The molecule has 3 aromatic carbocycles. The zero-order valence-electron chi connectivity index (χ0n) is 22.7. The maximum atomic E-state index is 14.0. The number of hydrogen-bond acceptors (Lipinski definition) is 6. The number of hydrogen-bond donors (Lipinski definition) is 2. The summed E-state index contributed by atoms with van der Waals surface area (Å²) in [4.78, 5) is 25.4. The van der Waals surface area contributed by atoms with E-state index in [-0.39, 0.29) is 29.3 Å². The number of benzene rings is 3. The van der Waals surface area contributed by atoms with E-state index in [4.69, 9.17) is 5.73 Å². The molecular formula is C31H29F3N6O. The molecule has 1 aliphatic rings. The summed E-state index contributed by atoms with van der Waals surface area (Å²) in [6.45, 7) is 5.10. The number of nitrogen functional groups attached to an aromatic ring is 1. The van der Waals surface area contributed by atoms with Crippen molar-refractivity contribution >= 4 is 28.4 Å². The molecule has 0 radical (unpaired) electrons. The van der Waals surface area contributed by atoms with Crippen molar-refractivity contribution in [1.82, 2.24) is 19.8 Å². The number of piperazine rings is 1. The second kappa shape index (κ2) is 11.6. The van der Waals surface area contributed by atoms with Gasteiger partial charge in [-0.25, -0.2) is 9.97 Å². The third-order valence-electron chi connectivity index (χ3n) is 7.11. The average molecular weight is 559 g/mol. The highest BCUT2D eigenvalue weighted by Gasteiger charge is 2.34. The van der Waals surface area contributed by atoms with Crippen LogP contribution in [-0.4, -0.2) is 58.9 Å². The van der Waals surface area contributed by atoms with Gasteiger partial charge in [-0.15, -0.1) is 0 Å². The van der Waals surface area contributed by atoms with Crippen LogP contribution in [0.2, 0.25) is 0 Å². The van der Waals surface area contributed by atoms with Crippen molar-refractivity contribution in [2.75, 3.05) is 44.3 Å². The summed E-state index contributed by atoms with van der Waals surface area (Å²) in [6, 6.07) is 14.5. The van der Waals surface area contributed by atoms with Gasteiger partial charge in [0.05, 0.1) is 11.1 Å². The van der Waals surface area contributed by atoms with Crippen LogP contribution in [0.1, 0.15) is 38.2 Å². The van der Waals surface area contributed by atoms with Crippen LogP contribution in [0.3, 0.4) is 0 Å². The number of amides is 1. The summed E-state index contributed by atoms with van der Waals surface area (Å²) in [5.41, 5.74) is 8.35. The summed E-state index contributed by atoms with van der Waals surface area (Å²) < 4.78 is 41.9. The molecule has 41 heavy (non-hydrogen) atoms. The Morgan fingerprint density at radius 3 is 2.56 bits per heavy atom. The fourth-order valence-corrected chi connectivity index (χ4v) is 4.66. The van der Waals surface area contributed by atoms with E-state index in [0.717, 1.165) is 30.1 Å². The van der Waals surface area contributed by atoms with Crippen molar-refractivity contribution in [3.8, 4) is 11.8 Å². The summed E-state index contributed by atoms with van der Waals surface area (Å²) >= 11 is 0. The molecule has 0 atom stereocenters. The van der Waals surface area contributed by atoms with Crippen LogP contribution in [0.25, 0.3) is 10.9 Å². The zero-order chi connectivity index (χ0) is 29.1. The molecule has 4 aromatic rings. The highest BCUT2D eigenvalue weighted by molar-refractivity contribution is 6.04. The van der Waals surface area contributed by atoms with Gasteiger partial charge in [-0.1, -0.05) is 30.0 Å². The number of nitrogens with two attached hydrogens (primary N) is 1. The van der Waals surface area contributed by atoms with Crippen molar-refractivity contribution in [1.29, 1.82) is 0 Å². The Morgan fingerprint density at radius 2 is 1.80 bits per heavy atom. The van der Waals surface area contributed by atoms with Crippen LogP contribution in [0, 0.1) is 18.8 Å². The lowest BCUT2D eigenvalue weighted by Gasteiger charge is -2.33. The van der Waals surface area contributed by atoms with E-state index < -0.39 is 17.6 Å². The van der Waals surface area contributed by atoms with Gasteiger partial charge in [0, 0.05) is 66.7 Å². The minimum Gasteiger partial charge on any atom is -0.368 e. The number of nitrogens with zero attached hydrogens (tertiary/aromatic N) is 4. The smallest absolute Gasteiger partial charge is 0.368 e. The predicted octanol–water partition coefficient (Wildman–Crippen LogP) is 4.94. The van der Waals surface area contributed by atoms with Crippen LogP contribution in [0.15, 0.2) is 60.8 Å². The van der Waals surface area contributed by atoms with Gasteiger partial charge in [0.2, 0.25) is 5.95 Å². The van der Waals surface area contributed by atoms with E-state index >= 15 is 0 Å². The molecule has 0 saturated carbocycles. The van der Waals surface area contributed by atoms with Gasteiger partial charge in [-0.2, -0.15) is 13.2 Å². The second-order valence-electron chi connectivity index (χ2n) is 10.2. The third kappa shape index (κ3) is 6.82. The Morgan fingerprint density at radius 1 is 1.02 bits per heavy atom. The Labute approximate surface area is 236 Å². The Hall–Kier alpha value is -4.46. The first-order valence-corrected chi connectivity index (χ1v) is 13.1. The third-order valence-corrected chi connectivity index (χ3v) is 7.11. The molecule has 0 spiro atoms. The van der Waals surface area contributed by atoms with Gasteiger partial charge in [0.25, 0.3) is 5.91 Å². The molecule has 210 valence electrons. The first-order chi connectivity index (χ1) is 19.5. The van der Waals surface area contributed by atoms with Gasteiger partial charge in [-0.05, 0) is 61.5 Å². The molecular weight excluding hydrogens is 529 g/mol. The molecule has 1 aromatic heterocycles. The molecule has 1 aliphatic heterocycles. The lowest BCUT2D eigenvalue weighted by molar-refractivity contribution is -0.138. The summed E-state index contributed by atoms with van der Waals surface area (Å²) in [5, 5.41) is 3.45. The fourth-order valence-electron chi connectivity index (χ4n) is 4.66. The topological polar surface area (TPSA) is 87.4 Å². The highest BCUT2D eigenvalue weighted by Crippen LogP contribution is 2.34. The molecule has 0 bridgehead atoms. The Kier molecular flexibility index (Phi) is 7.92. The normalized spacial score (nSPS) is 14.5. The van der Waals surface area contributed by atoms with Gasteiger partial charge < -0.3 is 16.0 Å². The SMILES string of the molecule is Cc1ccc(C(=O)Nc2ccc(CN3CCN(C)CC3)c(C(F)(F)F)c2)cc1C#Cc1ccc2cnc(N)nc2c1. The minimum absolute atomic E-state index is 0.0788. The predicted molar refractivity (Wildman–Crippen MR) is 153 cm³/mol.